The van der Waals surface area contributed by atoms with Crippen molar-refractivity contribution in [1.29, 1.82) is 0 Å². The summed E-state index contributed by atoms with van der Waals surface area (Å²) in [6.45, 7) is 3.75. The van der Waals surface area contributed by atoms with Crippen LogP contribution in [-0.4, -0.2) is 18.1 Å². The predicted octanol–water partition coefficient (Wildman–Crippen LogP) is 4.10. The van der Waals surface area contributed by atoms with Crippen molar-refractivity contribution in [1.82, 2.24) is 0 Å². The molecule has 0 aliphatic rings. The monoisotopic (exact) mass is 292 g/mol. The smallest absolute Gasteiger partial charge is 0.446 e. The van der Waals surface area contributed by atoms with Crippen LogP contribution in [0.4, 0.5) is 13.2 Å². The van der Waals surface area contributed by atoms with Gasteiger partial charge < -0.3 is 4.74 Å². The average molecular weight is 292 g/mol. The van der Waals surface area contributed by atoms with Gasteiger partial charge in [0, 0.05) is 11.3 Å². The van der Waals surface area contributed by atoms with E-state index in [9.17, 15) is 18.0 Å². The Kier molecular flexibility index (Phi) is 5.72. The van der Waals surface area contributed by atoms with Gasteiger partial charge in [-0.15, -0.1) is 0 Å². The van der Waals surface area contributed by atoms with Crippen LogP contribution in [0.15, 0.2) is 23.1 Å². The second-order valence-electron chi connectivity index (χ2n) is 4.01. The topological polar surface area (TPSA) is 26.3 Å². The Morgan fingerprint density at radius 1 is 1.32 bits per heavy atom. The Balaban J connectivity index is 2.71. The zero-order valence-corrected chi connectivity index (χ0v) is 11.5. The molecule has 0 heterocycles. The summed E-state index contributed by atoms with van der Waals surface area (Å²) in [5, 5.41) is 0. The summed E-state index contributed by atoms with van der Waals surface area (Å²) in [7, 11) is 0. The molecule has 6 heteroatoms. The quantitative estimate of drug-likeness (QED) is 0.603. The lowest BCUT2D eigenvalue weighted by Crippen LogP contribution is -2.05. The minimum Gasteiger partial charge on any atom is -0.466 e. The molecule has 0 radical (unpaired) electrons. The van der Waals surface area contributed by atoms with Gasteiger partial charge in [0.15, 0.2) is 0 Å². The van der Waals surface area contributed by atoms with Gasteiger partial charge >= 0.3 is 11.5 Å². The van der Waals surface area contributed by atoms with Crippen molar-refractivity contribution in [3.8, 4) is 0 Å². The average Bonchev–Trinajstić information content (AvgIpc) is 2.23. The summed E-state index contributed by atoms with van der Waals surface area (Å²) in [5.74, 6) is -0.339. The lowest BCUT2D eigenvalue weighted by Gasteiger charge is -2.09. The van der Waals surface area contributed by atoms with E-state index in [-0.39, 0.29) is 29.0 Å². The van der Waals surface area contributed by atoms with Crippen LogP contribution in [0.25, 0.3) is 0 Å². The first-order chi connectivity index (χ1) is 8.80. The number of thioether (sulfide) groups is 1. The molecular formula is C13H15F3O2S. The van der Waals surface area contributed by atoms with Crippen LogP contribution in [-0.2, 0) is 16.0 Å². The fraction of sp³-hybridized carbons (Fsp3) is 0.462. The number of hydrogen-bond donors (Lipinski definition) is 0. The lowest BCUT2D eigenvalue weighted by atomic mass is 10.1. The van der Waals surface area contributed by atoms with E-state index in [0.717, 1.165) is 5.56 Å². The highest BCUT2D eigenvalue weighted by Gasteiger charge is 2.29. The first-order valence-corrected chi connectivity index (χ1v) is 6.63. The third-order valence-corrected chi connectivity index (χ3v) is 2.97. The summed E-state index contributed by atoms with van der Waals surface area (Å²) in [5.41, 5.74) is -2.85. The maximum atomic E-state index is 12.3. The number of hydrogen-bond acceptors (Lipinski definition) is 3. The molecule has 1 aromatic carbocycles. The van der Waals surface area contributed by atoms with Gasteiger partial charge in [0.2, 0.25) is 0 Å². The fourth-order valence-corrected chi connectivity index (χ4v) is 2.36. The number of benzene rings is 1. The molecule has 0 amide bonds. The number of aryl methyl sites for hydroxylation is 2. The van der Waals surface area contributed by atoms with E-state index < -0.39 is 5.51 Å². The maximum absolute atomic E-state index is 12.3. The van der Waals surface area contributed by atoms with Gasteiger partial charge in [0.25, 0.3) is 0 Å². The van der Waals surface area contributed by atoms with E-state index in [1.165, 1.54) is 12.1 Å². The zero-order chi connectivity index (χ0) is 14.5. The summed E-state index contributed by atoms with van der Waals surface area (Å²) in [4.78, 5) is 11.4. The number of ether oxygens (including phenoxy) is 1. The molecule has 0 aliphatic heterocycles. The van der Waals surface area contributed by atoms with Gasteiger partial charge in [-0.05, 0) is 55.3 Å². The van der Waals surface area contributed by atoms with Gasteiger partial charge in [0.05, 0.1) is 6.61 Å². The van der Waals surface area contributed by atoms with E-state index in [4.69, 9.17) is 4.74 Å². The number of esters is 1. The predicted molar refractivity (Wildman–Crippen MR) is 68.0 cm³/mol. The molecule has 0 saturated carbocycles. The van der Waals surface area contributed by atoms with Crippen molar-refractivity contribution in [3.05, 3.63) is 29.3 Å². The molecule has 106 valence electrons. The largest absolute Gasteiger partial charge is 0.466 e. The Hall–Kier alpha value is -1.17. The van der Waals surface area contributed by atoms with Crippen LogP contribution < -0.4 is 0 Å². The Morgan fingerprint density at radius 3 is 2.58 bits per heavy atom. The number of carbonyl (C=O) groups excluding carboxylic acids is 1. The minimum absolute atomic E-state index is 0.143. The summed E-state index contributed by atoms with van der Waals surface area (Å²) >= 11 is -0.143. The van der Waals surface area contributed by atoms with Crippen molar-refractivity contribution in [2.75, 3.05) is 6.61 Å². The molecule has 0 aromatic heterocycles. The number of alkyl halides is 3. The molecule has 0 saturated heterocycles. The fourth-order valence-electron chi connectivity index (χ4n) is 1.64. The van der Waals surface area contributed by atoms with Crippen LogP contribution in [0.2, 0.25) is 0 Å². The highest BCUT2D eigenvalue weighted by atomic mass is 32.2. The standard InChI is InChI=1S/C13H15F3O2S/c1-3-18-12(17)5-4-10-6-9(2)7-11(8-10)19-13(14,15)16/h6-8H,3-5H2,1-2H3. The van der Waals surface area contributed by atoms with Crippen molar-refractivity contribution in [3.63, 3.8) is 0 Å². The normalized spacial score (nSPS) is 11.4. The Morgan fingerprint density at radius 2 is 2.00 bits per heavy atom. The molecule has 19 heavy (non-hydrogen) atoms. The van der Waals surface area contributed by atoms with Gasteiger partial charge in [-0.25, -0.2) is 0 Å². The summed E-state index contributed by atoms with van der Waals surface area (Å²) in [6.07, 6.45) is 0.555. The van der Waals surface area contributed by atoms with Crippen molar-refractivity contribution >= 4 is 17.7 Å². The van der Waals surface area contributed by atoms with Gasteiger partial charge in [-0.2, -0.15) is 13.2 Å². The SMILES string of the molecule is CCOC(=O)CCc1cc(C)cc(SC(F)(F)F)c1. The minimum atomic E-state index is -4.30. The van der Waals surface area contributed by atoms with Crippen LogP contribution in [0, 0.1) is 6.92 Å². The van der Waals surface area contributed by atoms with E-state index in [2.05, 4.69) is 0 Å². The first kappa shape index (κ1) is 15.9. The van der Waals surface area contributed by atoms with Crippen molar-refractivity contribution in [2.45, 2.75) is 37.1 Å². The summed E-state index contributed by atoms with van der Waals surface area (Å²) in [6, 6.07) is 4.72. The van der Waals surface area contributed by atoms with Crippen LogP contribution in [0.3, 0.4) is 0 Å². The lowest BCUT2D eigenvalue weighted by molar-refractivity contribution is -0.143. The number of halogens is 3. The highest BCUT2D eigenvalue weighted by molar-refractivity contribution is 8.00. The van der Waals surface area contributed by atoms with E-state index in [1.54, 1.807) is 19.9 Å². The number of carbonyl (C=O) groups is 1. The Bertz CT molecular complexity index is 444. The Labute approximate surface area is 114 Å². The molecule has 0 atom stereocenters. The second-order valence-corrected chi connectivity index (χ2v) is 5.15. The second kappa shape index (κ2) is 6.84. The maximum Gasteiger partial charge on any atom is 0.446 e. The summed E-state index contributed by atoms with van der Waals surface area (Å²) < 4.78 is 41.7. The molecule has 1 aromatic rings. The number of rotatable bonds is 5. The molecule has 0 spiro atoms. The van der Waals surface area contributed by atoms with Crippen LogP contribution in [0.1, 0.15) is 24.5 Å². The molecule has 0 N–H and O–H groups in total. The van der Waals surface area contributed by atoms with Gasteiger partial charge in [-0.1, -0.05) is 6.07 Å². The van der Waals surface area contributed by atoms with Crippen LogP contribution >= 0.6 is 11.8 Å². The molecule has 2 nitrogen and oxygen atoms in total. The molecule has 0 unspecified atom stereocenters. The molecular weight excluding hydrogens is 277 g/mol. The van der Waals surface area contributed by atoms with Crippen molar-refractivity contribution in [2.24, 2.45) is 0 Å². The molecule has 1 rings (SSSR count). The molecule has 0 bridgehead atoms. The molecule has 0 fully saturated rings. The van der Waals surface area contributed by atoms with E-state index in [0.29, 0.717) is 18.6 Å². The van der Waals surface area contributed by atoms with E-state index in [1.807, 2.05) is 0 Å². The first-order valence-electron chi connectivity index (χ1n) is 5.82. The van der Waals surface area contributed by atoms with E-state index >= 15 is 0 Å². The third kappa shape index (κ3) is 6.52. The third-order valence-electron chi connectivity index (χ3n) is 2.27. The highest BCUT2D eigenvalue weighted by Crippen LogP contribution is 2.37. The van der Waals surface area contributed by atoms with Gasteiger partial charge in [0.1, 0.15) is 0 Å². The van der Waals surface area contributed by atoms with Crippen LogP contribution in [0.5, 0.6) is 0 Å². The van der Waals surface area contributed by atoms with Gasteiger partial charge in [-0.3, -0.25) is 4.79 Å². The molecule has 0 aliphatic carbocycles. The zero-order valence-electron chi connectivity index (χ0n) is 10.7. The van der Waals surface area contributed by atoms with Crippen molar-refractivity contribution < 1.29 is 22.7 Å².